The molecule has 1 heterocycles. The smallest absolute Gasteiger partial charge is 0.0701 e. The van der Waals surface area contributed by atoms with E-state index in [1.807, 2.05) is 0 Å². The first-order valence-electron chi connectivity index (χ1n) is 4.94. The van der Waals surface area contributed by atoms with Gasteiger partial charge in [-0.15, -0.1) is 11.3 Å². The molecule has 90 valence electrons. The van der Waals surface area contributed by atoms with Crippen LogP contribution >= 0.6 is 59.1 Å². The maximum absolute atomic E-state index is 6.28. The first kappa shape index (κ1) is 13.7. The molecule has 0 saturated heterocycles. The van der Waals surface area contributed by atoms with E-state index in [1.54, 1.807) is 11.3 Å². The molecule has 0 radical (unpaired) electrons. The van der Waals surface area contributed by atoms with Gasteiger partial charge >= 0.3 is 0 Å². The van der Waals surface area contributed by atoms with Crippen molar-refractivity contribution in [3.8, 4) is 0 Å². The summed E-state index contributed by atoms with van der Waals surface area (Å²) >= 11 is 12.2. The van der Waals surface area contributed by atoms with Gasteiger partial charge in [0.05, 0.1) is 9.83 Å². The zero-order chi connectivity index (χ0) is 12.6. The molecule has 2 rings (SSSR count). The molecule has 0 fully saturated rings. The first-order chi connectivity index (χ1) is 7.99. The number of thiophene rings is 1. The standard InChI is InChI=1S/C12H10Br3NS/c1-6-2-10(14)8(4-9(6)13)12(16)7-3-11(15)17-5-7/h2-5,12H,16H2,1H3. The van der Waals surface area contributed by atoms with Crippen LogP contribution in [0.25, 0.3) is 0 Å². The van der Waals surface area contributed by atoms with Crippen LogP contribution in [0.1, 0.15) is 22.7 Å². The molecule has 2 N–H and O–H groups in total. The Morgan fingerprint density at radius 3 is 2.41 bits per heavy atom. The van der Waals surface area contributed by atoms with E-state index in [0.717, 1.165) is 23.9 Å². The van der Waals surface area contributed by atoms with Crippen molar-refractivity contribution in [1.29, 1.82) is 0 Å². The molecular formula is C12H10Br3NS. The minimum absolute atomic E-state index is 0.108. The van der Waals surface area contributed by atoms with Crippen LogP contribution in [0.4, 0.5) is 0 Å². The molecule has 1 atom stereocenters. The van der Waals surface area contributed by atoms with Gasteiger partial charge in [-0.05, 0) is 63.1 Å². The van der Waals surface area contributed by atoms with Gasteiger partial charge in [-0.1, -0.05) is 31.9 Å². The second-order valence-electron chi connectivity index (χ2n) is 3.78. The molecule has 17 heavy (non-hydrogen) atoms. The molecule has 0 aliphatic rings. The number of nitrogens with two attached hydrogens (primary N) is 1. The van der Waals surface area contributed by atoms with E-state index in [2.05, 4.69) is 78.3 Å². The van der Waals surface area contributed by atoms with E-state index in [4.69, 9.17) is 5.73 Å². The topological polar surface area (TPSA) is 26.0 Å². The lowest BCUT2D eigenvalue weighted by Gasteiger charge is -2.14. The normalized spacial score (nSPS) is 12.8. The quantitative estimate of drug-likeness (QED) is 0.666. The Balaban J connectivity index is 2.43. The van der Waals surface area contributed by atoms with Gasteiger partial charge in [-0.25, -0.2) is 0 Å². The maximum Gasteiger partial charge on any atom is 0.0701 e. The van der Waals surface area contributed by atoms with E-state index >= 15 is 0 Å². The Hall–Kier alpha value is 0.320. The van der Waals surface area contributed by atoms with Gasteiger partial charge in [0.1, 0.15) is 0 Å². The SMILES string of the molecule is Cc1cc(Br)c(C(N)c2csc(Br)c2)cc1Br. The zero-order valence-corrected chi connectivity index (χ0v) is 14.6. The average Bonchev–Trinajstić information content (AvgIpc) is 2.69. The predicted molar refractivity (Wildman–Crippen MR) is 84.6 cm³/mol. The molecule has 1 unspecified atom stereocenters. The van der Waals surface area contributed by atoms with Gasteiger partial charge in [0, 0.05) is 8.95 Å². The molecule has 1 aromatic heterocycles. The second-order valence-corrected chi connectivity index (χ2v) is 7.78. The van der Waals surface area contributed by atoms with Crippen LogP contribution in [0, 0.1) is 6.92 Å². The molecule has 0 saturated carbocycles. The van der Waals surface area contributed by atoms with E-state index in [9.17, 15) is 0 Å². The lowest BCUT2D eigenvalue weighted by molar-refractivity contribution is 0.868. The van der Waals surface area contributed by atoms with Gasteiger partial charge < -0.3 is 5.73 Å². The van der Waals surface area contributed by atoms with E-state index < -0.39 is 0 Å². The lowest BCUT2D eigenvalue weighted by Crippen LogP contribution is -2.11. The van der Waals surface area contributed by atoms with E-state index in [-0.39, 0.29) is 6.04 Å². The maximum atomic E-state index is 6.28. The molecule has 0 aliphatic heterocycles. The highest BCUT2D eigenvalue weighted by atomic mass is 79.9. The summed E-state index contributed by atoms with van der Waals surface area (Å²) in [5, 5.41) is 2.08. The Labute approximate surface area is 130 Å². The zero-order valence-electron chi connectivity index (χ0n) is 9.01. The van der Waals surface area contributed by atoms with Crippen molar-refractivity contribution in [2.75, 3.05) is 0 Å². The molecule has 0 bridgehead atoms. The van der Waals surface area contributed by atoms with Crippen LogP contribution in [0.2, 0.25) is 0 Å². The summed E-state index contributed by atoms with van der Waals surface area (Å²) < 4.78 is 3.23. The van der Waals surface area contributed by atoms with Crippen molar-refractivity contribution in [3.05, 3.63) is 53.0 Å². The summed E-state index contributed by atoms with van der Waals surface area (Å²) in [5.41, 5.74) is 9.69. The third-order valence-corrected chi connectivity index (χ3v) is 5.62. The van der Waals surface area contributed by atoms with Crippen LogP contribution in [0.5, 0.6) is 0 Å². The largest absolute Gasteiger partial charge is 0.320 e. The summed E-state index contributed by atoms with van der Waals surface area (Å²) in [7, 11) is 0. The van der Waals surface area contributed by atoms with Crippen molar-refractivity contribution in [2.45, 2.75) is 13.0 Å². The molecule has 0 aliphatic carbocycles. The number of aryl methyl sites for hydroxylation is 1. The molecule has 0 spiro atoms. The molecule has 2 aromatic rings. The summed E-state index contributed by atoms with van der Waals surface area (Å²) in [6, 6.07) is 6.12. The Kier molecular flexibility index (Phi) is 4.47. The predicted octanol–water partition coefficient (Wildman–Crippen LogP) is 5.39. The summed E-state index contributed by atoms with van der Waals surface area (Å²) in [6.45, 7) is 2.06. The van der Waals surface area contributed by atoms with Crippen molar-refractivity contribution in [1.82, 2.24) is 0 Å². The van der Waals surface area contributed by atoms with Gasteiger partial charge in [0.15, 0.2) is 0 Å². The number of rotatable bonds is 2. The van der Waals surface area contributed by atoms with Gasteiger partial charge in [0.25, 0.3) is 0 Å². The Morgan fingerprint density at radius 2 is 1.82 bits per heavy atom. The van der Waals surface area contributed by atoms with Crippen molar-refractivity contribution in [2.24, 2.45) is 5.73 Å². The van der Waals surface area contributed by atoms with Crippen LogP contribution < -0.4 is 5.73 Å². The molecule has 5 heteroatoms. The highest BCUT2D eigenvalue weighted by Gasteiger charge is 2.15. The van der Waals surface area contributed by atoms with Crippen molar-refractivity contribution in [3.63, 3.8) is 0 Å². The summed E-state index contributed by atoms with van der Waals surface area (Å²) in [6.07, 6.45) is 0. The third kappa shape index (κ3) is 3.01. The molecule has 0 amide bonds. The van der Waals surface area contributed by atoms with Gasteiger partial charge in [-0.3, -0.25) is 0 Å². The van der Waals surface area contributed by atoms with Crippen LogP contribution in [-0.2, 0) is 0 Å². The number of hydrogen-bond donors (Lipinski definition) is 1. The van der Waals surface area contributed by atoms with Crippen LogP contribution in [-0.4, -0.2) is 0 Å². The fourth-order valence-electron chi connectivity index (χ4n) is 1.57. The van der Waals surface area contributed by atoms with E-state index in [1.165, 1.54) is 5.56 Å². The van der Waals surface area contributed by atoms with E-state index in [0.29, 0.717) is 0 Å². The number of hydrogen-bond acceptors (Lipinski definition) is 2. The highest BCUT2D eigenvalue weighted by Crippen LogP contribution is 2.34. The average molecular weight is 440 g/mol. The van der Waals surface area contributed by atoms with Crippen molar-refractivity contribution >= 4 is 59.1 Å². The minimum atomic E-state index is -0.108. The van der Waals surface area contributed by atoms with Crippen LogP contribution in [0.15, 0.2) is 36.3 Å². The minimum Gasteiger partial charge on any atom is -0.320 e. The molecule has 1 aromatic carbocycles. The lowest BCUT2D eigenvalue weighted by atomic mass is 10.0. The number of benzene rings is 1. The molecular weight excluding hydrogens is 430 g/mol. The number of halogens is 3. The van der Waals surface area contributed by atoms with Crippen LogP contribution in [0.3, 0.4) is 0 Å². The fraction of sp³-hybridized carbons (Fsp3) is 0.167. The molecule has 1 nitrogen and oxygen atoms in total. The van der Waals surface area contributed by atoms with Crippen molar-refractivity contribution < 1.29 is 0 Å². The first-order valence-corrected chi connectivity index (χ1v) is 8.20. The second kappa shape index (κ2) is 5.53. The fourth-order valence-corrected chi connectivity index (χ4v) is 3.84. The monoisotopic (exact) mass is 437 g/mol. The van der Waals surface area contributed by atoms with Gasteiger partial charge in [-0.2, -0.15) is 0 Å². The third-order valence-electron chi connectivity index (χ3n) is 2.56. The highest BCUT2D eigenvalue weighted by molar-refractivity contribution is 9.11. The Morgan fingerprint density at radius 1 is 1.12 bits per heavy atom. The summed E-state index contributed by atoms with van der Waals surface area (Å²) in [5.74, 6) is 0. The van der Waals surface area contributed by atoms with Gasteiger partial charge in [0.2, 0.25) is 0 Å². The Bertz CT molecular complexity index is 551. The summed E-state index contributed by atoms with van der Waals surface area (Å²) in [4.78, 5) is 0.